The van der Waals surface area contributed by atoms with Crippen molar-refractivity contribution in [2.45, 2.75) is 37.8 Å². The largest absolute Gasteiger partial charge is 0.496 e. The van der Waals surface area contributed by atoms with Crippen molar-refractivity contribution in [1.29, 1.82) is 0 Å². The van der Waals surface area contributed by atoms with Gasteiger partial charge in [-0.2, -0.15) is 26.3 Å². The first-order valence-corrected chi connectivity index (χ1v) is 13.3. The molecule has 0 saturated carbocycles. The zero-order chi connectivity index (χ0) is 31.1. The SMILES string of the molecule is C=C1[C@@H](c2cc(C(F)(F)F)cc(C(F)(F)F)c2)OC(=O)N1Cc1nc(N2CCC2)ccc1-c1cc(CCO)ccc1OC. The number of anilines is 1. The first-order chi connectivity index (χ1) is 20.3. The van der Waals surface area contributed by atoms with Crippen LogP contribution in [-0.2, 0) is 30.1 Å². The number of aromatic nitrogens is 1. The quantitative estimate of drug-likeness (QED) is 0.286. The van der Waals surface area contributed by atoms with Gasteiger partial charge in [0.05, 0.1) is 36.2 Å². The van der Waals surface area contributed by atoms with E-state index in [2.05, 4.69) is 6.58 Å². The smallest absolute Gasteiger partial charge is 0.416 e. The number of hydrogen-bond donors (Lipinski definition) is 1. The third kappa shape index (κ3) is 6.12. The maximum Gasteiger partial charge on any atom is 0.416 e. The lowest BCUT2D eigenvalue weighted by atomic mass is 9.98. The molecule has 0 bridgehead atoms. The van der Waals surface area contributed by atoms with Crippen LogP contribution in [0.1, 0.15) is 40.5 Å². The predicted octanol–water partition coefficient (Wildman–Crippen LogP) is 6.75. The first kappa shape index (κ1) is 30.2. The summed E-state index contributed by atoms with van der Waals surface area (Å²) in [6, 6.07) is 10.0. The molecule has 0 spiro atoms. The average molecular weight is 608 g/mol. The van der Waals surface area contributed by atoms with E-state index < -0.39 is 41.2 Å². The standard InChI is InChI=1S/C30H27F6N3O4/c1-17-27(19-13-20(29(31,32)33)15-21(14-19)30(34,35)36)43-28(41)39(17)16-24-22(5-7-26(37-24)38-9-3-10-38)23-12-18(8-11-40)4-6-25(23)42-2/h4-7,12-15,27,40H,1,3,8-11,16H2,2H3/t27-/m0/s1. The molecule has 2 aromatic carbocycles. The molecular formula is C30H27F6N3O4. The molecular weight excluding hydrogens is 580 g/mol. The Balaban J connectivity index is 1.54. The Hall–Kier alpha value is -4.26. The van der Waals surface area contributed by atoms with Crippen molar-refractivity contribution in [1.82, 2.24) is 9.88 Å². The molecule has 0 unspecified atom stereocenters. The molecule has 43 heavy (non-hydrogen) atoms. The molecule has 228 valence electrons. The van der Waals surface area contributed by atoms with Crippen LogP contribution in [0.2, 0.25) is 0 Å². The average Bonchev–Trinajstić information content (AvgIpc) is 3.20. The van der Waals surface area contributed by atoms with Gasteiger partial charge in [-0.05, 0) is 66.4 Å². The second kappa shape index (κ2) is 11.4. The van der Waals surface area contributed by atoms with Crippen molar-refractivity contribution in [2.24, 2.45) is 0 Å². The lowest BCUT2D eigenvalue weighted by molar-refractivity contribution is -0.143. The van der Waals surface area contributed by atoms with E-state index in [1.165, 1.54) is 7.11 Å². The number of alkyl halides is 6. The summed E-state index contributed by atoms with van der Waals surface area (Å²) in [6.07, 6.45) is -11.4. The van der Waals surface area contributed by atoms with Crippen LogP contribution in [0.25, 0.3) is 11.1 Å². The molecule has 7 nitrogen and oxygen atoms in total. The minimum absolute atomic E-state index is 0.0105. The second-order valence-electron chi connectivity index (χ2n) is 10.2. The number of hydrogen-bond acceptors (Lipinski definition) is 6. The third-order valence-electron chi connectivity index (χ3n) is 7.40. The number of aliphatic hydroxyl groups excluding tert-OH is 1. The lowest BCUT2D eigenvalue weighted by Gasteiger charge is -2.32. The third-order valence-corrected chi connectivity index (χ3v) is 7.40. The molecule has 2 aliphatic heterocycles. The molecule has 3 aromatic rings. The summed E-state index contributed by atoms with van der Waals surface area (Å²) < 4.78 is 91.8. The molecule has 2 aliphatic rings. The fourth-order valence-corrected chi connectivity index (χ4v) is 5.03. The van der Waals surface area contributed by atoms with Crippen LogP contribution in [0, 0.1) is 0 Å². The minimum Gasteiger partial charge on any atom is -0.496 e. The van der Waals surface area contributed by atoms with Crippen molar-refractivity contribution in [3.8, 4) is 16.9 Å². The minimum atomic E-state index is -5.07. The number of methoxy groups -OCH3 is 1. The fourth-order valence-electron chi connectivity index (χ4n) is 5.03. The number of aliphatic hydroxyl groups is 1. The van der Waals surface area contributed by atoms with Gasteiger partial charge in [-0.3, -0.25) is 4.90 Å². The number of pyridine rings is 1. The monoisotopic (exact) mass is 607 g/mol. The number of rotatable bonds is 8. The number of cyclic esters (lactones) is 1. The predicted molar refractivity (Wildman–Crippen MR) is 144 cm³/mol. The molecule has 2 saturated heterocycles. The van der Waals surface area contributed by atoms with E-state index in [-0.39, 0.29) is 24.9 Å². The summed E-state index contributed by atoms with van der Waals surface area (Å²) in [4.78, 5) is 20.9. The molecule has 13 heteroatoms. The Morgan fingerprint density at radius 3 is 2.23 bits per heavy atom. The second-order valence-corrected chi connectivity index (χ2v) is 10.2. The Kier molecular flexibility index (Phi) is 8.03. The zero-order valence-electron chi connectivity index (χ0n) is 22.9. The Labute approximate surface area is 243 Å². The highest BCUT2D eigenvalue weighted by Gasteiger charge is 2.42. The molecule has 1 atom stereocenters. The summed E-state index contributed by atoms with van der Waals surface area (Å²) in [6.45, 7) is 5.04. The van der Waals surface area contributed by atoms with Crippen LogP contribution < -0.4 is 9.64 Å². The van der Waals surface area contributed by atoms with E-state index in [4.69, 9.17) is 14.5 Å². The molecule has 0 aliphatic carbocycles. The summed E-state index contributed by atoms with van der Waals surface area (Å²) >= 11 is 0. The van der Waals surface area contributed by atoms with E-state index in [9.17, 15) is 36.2 Å². The Bertz CT molecular complexity index is 1520. The van der Waals surface area contributed by atoms with Gasteiger partial charge in [0.25, 0.3) is 0 Å². The summed E-state index contributed by atoms with van der Waals surface area (Å²) in [7, 11) is 1.49. The normalized spacial score (nSPS) is 17.3. The van der Waals surface area contributed by atoms with E-state index >= 15 is 0 Å². The number of carbonyl (C=O) groups is 1. The lowest BCUT2D eigenvalue weighted by Crippen LogP contribution is -2.37. The van der Waals surface area contributed by atoms with Crippen LogP contribution in [0.4, 0.5) is 37.0 Å². The zero-order valence-corrected chi connectivity index (χ0v) is 22.9. The van der Waals surface area contributed by atoms with Crippen LogP contribution in [-0.4, -0.2) is 47.9 Å². The summed E-state index contributed by atoms with van der Waals surface area (Å²) in [5.74, 6) is 1.13. The molecule has 0 radical (unpaired) electrons. The highest BCUT2D eigenvalue weighted by atomic mass is 19.4. The van der Waals surface area contributed by atoms with Crippen LogP contribution in [0.3, 0.4) is 0 Å². The molecule has 1 N–H and O–H groups in total. The number of ether oxygens (including phenoxy) is 2. The summed E-state index contributed by atoms with van der Waals surface area (Å²) in [5.41, 5.74) is -1.32. The van der Waals surface area contributed by atoms with Gasteiger partial charge in [-0.1, -0.05) is 12.6 Å². The van der Waals surface area contributed by atoms with Gasteiger partial charge in [0, 0.05) is 30.8 Å². The number of benzene rings is 2. The number of amides is 1. The fraction of sp³-hybridized carbons (Fsp3) is 0.333. The number of nitrogens with zero attached hydrogens (tertiary/aromatic N) is 3. The van der Waals surface area contributed by atoms with Gasteiger partial charge in [0.1, 0.15) is 11.6 Å². The van der Waals surface area contributed by atoms with Crippen molar-refractivity contribution < 1.29 is 45.7 Å². The Morgan fingerprint density at radius 2 is 1.67 bits per heavy atom. The van der Waals surface area contributed by atoms with Crippen molar-refractivity contribution in [3.63, 3.8) is 0 Å². The van der Waals surface area contributed by atoms with Gasteiger partial charge in [0.15, 0.2) is 6.10 Å². The van der Waals surface area contributed by atoms with Crippen LogP contribution in [0.5, 0.6) is 5.75 Å². The van der Waals surface area contributed by atoms with E-state index in [1.54, 1.807) is 18.2 Å². The highest BCUT2D eigenvalue weighted by Crippen LogP contribution is 2.43. The van der Waals surface area contributed by atoms with Crippen molar-refractivity contribution in [3.05, 3.63) is 88.8 Å². The first-order valence-electron chi connectivity index (χ1n) is 13.3. The van der Waals surface area contributed by atoms with Crippen LogP contribution >= 0.6 is 0 Å². The van der Waals surface area contributed by atoms with E-state index in [0.29, 0.717) is 46.9 Å². The Morgan fingerprint density at radius 1 is 1.00 bits per heavy atom. The molecule has 3 heterocycles. The summed E-state index contributed by atoms with van der Waals surface area (Å²) in [5, 5.41) is 9.44. The van der Waals surface area contributed by atoms with Gasteiger partial charge in [-0.15, -0.1) is 0 Å². The highest BCUT2D eigenvalue weighted by molar-refractivity contribution is 5.77. The van der Waals surface area contributed by atoms with Gasteiger partial charge in [-0.25, -0.2) is 9.78 Å². The van der Waals surface area contributed by atoms with Gasteiger partial charge in [0.2, 0.25) is 0 Å². The van der Waals surface area contributed by atoms with Gasteiger partial charge < -0.3 is 19.5 Å². The number of halogens is 6. The molecule has 5 rings (SSSR count). The molecule has 2 fully saturated rings. The molecule has 1 amide bonds. The van der Waals surface area contributed by atoms with Crippen molar-refractivity contribution in [2.75, 3.05) is 31.7 Å². The van der Waals surface area contributed by atoms with Gasteiger partial charge >= 0.3 is 18.4 Å². The van der Waals surface area contributed by atoms with Crippen LogP contribution in [0.15, 0.2) is 60.8 Å². The molecule has 1 aromatic heterocycles. The maximum absolute atomic E-state index is 13.5. The maximum atomic E-state index is 13.5. The number of carbonyl (C=O) groups excluding carboxylic acids is 1. The topological polar surface area (TPSA) is 75.1 Å². The van der Waals surface area contributed by atoms with E-state index in [1.807, 2.05) is 17.0 Å². The van der Waals surface area contributed by atoms with Crippen molar-refractivity contribution >= 4 is 11.9 Å². The van der Waals surface area contributed by atoms with E-state index in [0.717, 1.165) is 30.0 Å².